The minimum Gasteiger partial charge on any atom is -0.460 e. The summed E-state index contributed by atoms with van der Waals surface area (Å²) in [7, 11) is 0. The molecule has 46 heavy (non-hydrogen) atoms. The number of allylic oxidation sites excluding steroid dienone is 1. The monoisotopic (exact) mass is 624 g/mol. The Morgan fingerprint density at radius 3 is 2.13 bits per heavy atom. The van der Waals surface area contributed by atoms with E-state index in [1.165, 1.54) is 0 Å². The lowest BCUT2D eigenvalue weighted by Crippen LogP contribution is -2.44. The van der Waals surface area contributed by atoms with Crippen LogP contribution < -0.4 is 10.6 Å². The van der Waals surface area contributed by atoms with Gasteiger partial charge in [-0.3, -0.25) is 9.59 Å². The smallest absolute Gasteiger partial charge is 0.407 e. The maximum Gasteiger partial charge on any atom is 0.407 e. The van der Waals surface area contributed by atoms with Crippen LogP contribution in [-0.2, 0) is 28.6 Å². The Balaban J connectivity index is 1.30. The second kappa shape index (κ2) is 14.5. The molecule has 0 radical (unpaired) electrons. The number of nitrogens with one attached hydrogen (secondary N) is 2. The molecule has 0 spiro atoms. The van der Waals surface area contributed by atoms with E-state index in [0.717, 1.165) is 22.3 Å². The van der Waals surface area contributed by atoms with Crippen molar-refractivity contribution in [3.05, 3.63) is 108 Å². The van der Waals surface area contributed by atoms with Crippen molar-refractivity contribution in [2.45, 2.75) is 63.7 Å². The third-order valence-electron chi connectivity index (χ3n) is 7.97. The van der Waals surface area contributed by atoms with Gasteiger partial charge in [0.1, 0.15) is 24.4 Å². The predicted molar refractivity (Wildman–Crippen MR) is 173 cm³/mol. The van der Waals surface area contributed by atoms with Gasteiger partial charge in [-0.05, 0) is 61.4 Å². The molecular formula is C37H40N2O7. The number of alkyl carbamates (subject to hydrolysis) is 1. The maximum absolute atomic E-state index is 13.5. The Hall–Kier alpha value is -4.92. The lowest BCUT2D eigenvalue weighted by molar-refractivity contribution is -0.157. The summed E-state index contributed by atoms with van der Waals surface area (Å²) < 4.78 is 17.0. The van der Waals surface area contributed by atoms with Crippen molar-refractivity contribution in [3.8, 4) is 11.1 Å². The second-order valence-corrected chi connectivity index (χ2v) is 12.5. The first-order valence-electron chi connectivity index (χ1n) is 15.6. The van der Waals surface area contributed by atoms with Crippen LogP contribution in [0, 0.1) is 5.92 Å². The molecule has 2 amide bonds. The van der Waals surface area contributed by atoms with Crippen molar-refractivity contribution in [1.29, 1.82) is 0 Å². The number of hydrogen-bond acceptors (Lipinski definition) is 7. The summed E-state index contributed by atoms with van der Waals surface area (Å²) in [6.45, 7) is 5.40. The fourth-order valence-electron chi connectivity index (χ4n) is 5.81. The number of ether oxygens (including phenoxy) is 3. The number of carbonyl (C=O) groups excluding carboxylic acids is 4. The summed E-state index contributed by atoms with van der Waals surface area (Å²) in [4.78, 5) is 52.3. The lowest BCUT2D eigenvalue weighted by Gasteiger charge is -2.25. The normalized spacial score (nSPS) is 20.9. The van der Waals surface area contributed by atoms with Crippen molar-refractivity contribution in [2.24, 2.45) is 5.92 Å². The quantitative estimate of drug-likeness (QED) is 0.196. The minimum absolute atomic E-state index is 0.0131. The van der Waals surface area contributed by atoms with Crippen LogP contribution in [0.3, 0.4) is 0 Å². The van der Waals surface area contributed by atoms with E-state index in [0.29, 0.717) is 5.56 Å². The highest BCUT2D eigenvalue weighted by atomic mass is 16.6. The molecule has 3 aromatic rings. The van der Waals surface area contributed by atoms with E-state index in [1.807, 2.05) is 54.6 Å². The zero-order valence-corrected chi connectivity index (χ0v) is 26.4. The fraction of sp³-hybridized carbons (Fsp3) is 0.351. The molecule has 3 aromatic carbocycles. The van der Waals surface area contributed by atoms with Gasteiger partial charge in [-0.1, -0.05) is 91.0 Å². The van der Waals surface area contributed by atoms with E-state index in [4.69, 9.17) is 14.2 Å². The first-order valence-corrected chi connectivity index (χ1v) is 15.6. The Morgan fingerprint density at radius 1 is 0.870 bits per heavy atom. The summed E-state index contributed by atoms with van der Waals surface area (Å²) in [6, 6.07) is 24.1. The molecule has 0 unspecified atom stereocenters. The first-order chi connectivity index (χ1) is 22.1. The average molecular weight is 625 g/mol. The van der Waals surface area contributed by atoms with Crippen LogP contribution in [0.25, 0.3) is 11.1 Å². The molecule has 0 bridgehead atoms. The topological polar surface area (TPSA) is 120 Å². The molecule has 1 heterocycles. The van der Waals surface area contributed by atoms with E-state index in [-0.39, 0.29) is 44.2 Å². The summed E-state index contributed by atoms with van der Waals surface area (Å²) in [5, 5.41) is 5.54. The molecule has 0 aromatic heterocycles. The summed E-state index contributed by atoms with van der Waals surface area (Å²) in [5.74, 6) is -2.30. The van der Waals surface area contributed by atoms with Gasteiger partial charge in [-0.2, -0.15) is 0 Å². The van der Waals surface area contributed by atoms with Gasteiger partial charge in [0.2, 0.25) is 5.91 Å². The third kappa shape index (κ3) is 8.21. The SMILES string of the molecule is CC(C)(C)OC(=O)C[C@@H]1C/C=C/C[C@@H](NC(=O)OCC2c3ccccc3-c3ccccc32)C(=O)O[C@H](c2ccccc2)CNC1=O. The maximum atomic E-state index is 13.5. The second-order valence-electron chi connectivity index (χ2n) is 12.5. The molecule has 9 heteroatoms. The molecule has 240 valence electrons. The first kappa shape index (κ1) is 32.5. The standard InChI is InChI=1S/C37H40N2O7/c1-37(2,3)46-33(40)21-25-15-7-12-20-31(35(42)45-32(22-38-34(25)41)24-13-5-4-6-14-24)39-36(43)44-23-30-28-18-10-8-16-26(28)27-17-9-11-19-29(27)30/h4-14,16-19,25,30-32H,15,20-23H2,1-3H3,(H,38,41)(H,39,43)/b12-7+/t25-,31+,32-/m0/s1. The van der Waals surface area contributed by atoms with Gasteiger partial charge in [-0.15, -0.1) is 0 Å². The van der Waals surface area contributed by atoms with Gasteiger partial charge in [0.25, 0.3) is 0 Å². The van der Waals surface area contributed by atoms with Gasteiger partial charge >= 0.3 is 18.0 Å². The summed E-state index contributed by atoms with van der Waals surface area (Å²) in [5.41, 5.74) is 4.39. The zero-order chi connectivity index (χ0) is 32.7. The van der Waals surface area contributed by atoms with Crippen LogP contribution in [0.5, 0.6) is 0 Å². The van der Waals surface area contributed by atoms with E-state index in [9.17, 15) is 19.2 Å². The van der Waals surface area contributed by atoms with Crippen molar-refractivity contribution in [1.82, 2.24) is 10.6 Å². The number of rotatable bonds is 6. The molecule has 0 fully saturated rings. The highest BCUT2D eigenvalue weighted by molar-refractivity contribution is 5.85. The van der Waals surface area contributed by atoms with Crippen LogP contribution in [0.15, 0.2) is 91.0 Å². The molecule has 5 rings (SSSR count). The van der Waals surface area contributed by atoms with Crippen molar-refractivity contribution in [2.75, 3.05) is 13.2 Å². The molecule has 3 atom stereocenters. The third-order valence-corrected chi connectivity index (χ3v) is 7.97. The Kier molecular flexibility index (Phi) is 10.2. The van der Waals surface area contributed by atoms with Crippen LogP contribution in [0.1, 0.15) is 68.7 Å². The molecule has 0 saturated carbocycles. The number of hydrogen-bond donors (Lipinski definition) is 2. The van der Waals surface area contributed by atoms with E-state index >= 15 is 0 Å². The van der Waals surface area contributed by atoms with E-state index < -0.39 is 41.7 Å². The lowest BCUT2D eigenvalue weighted by atomic mass is 9.98. The zero-order valence-electron chi connectivity index (χ0n) is 26.4. The largest absolute Gasteiger partial charge is 0.460 e. The van der Waals surface area contributed by atoms with Crippen molar-refractivity contribution in [3.63, 3.8) is 0 Å². The fourth-order valence-corrected chi connectivity index (χ4v) is 5.81. The molecule has 9 nitrogen and oxygen atoms in total. The Morgan fingerprint density at radius 2 is 1.48 bits per heavy atom. The van der Waals surface area contributed by atoms with E-state index in [1.54, 1.807) is 45.1 Å². The Bertz CT molecular complexity index is 1550. The van der Waals surface area contributed by atoms with E-state index in [2.05, 4.69) is 22.8 Å². The molecular weight excluding hydrogens is 584 g/mol. The molecule has 2 N–H and O–H groups in total. The number of benzene rings is 3. The van der Waals surface area contributed by atoms with Crippen LogP contribution >= 0.6 is 0 Å². The van der Waals surface area contributed by atoms with Gasteiger partial charge in [0.15, 0.2) is 0 Å². The van der Waals surface area contributed by atoms with Crippen molar-refractivity contribution < 1.29 is 33.4 Å². The highest BCUT2D eigenvalue weighted by Crippen LogP contribution is 2.44. The van der Waals surface area contributed by atoms with Crippen LogP contribution in [-0.4, -0.2) is 48.7 Å². The van der Waals surface area contributed by atoms with Gasteiger partial charge < -0.3 is 24.8 Å². The minimum atomic E-state index is -1.04. The number of amides is 2. The van der Waals surface area contributed by atoms with Crippen LogP contribution in [0.4, 0.5) is 4.79 Å². The molecule has 0 saturated heterocycles. The van der Waals surface area contributed by atoms with Crippen LogP contribution in [0.2, 0.25) is 0 Å². The average Bonchev–Trinajstić information content (AvgIpc) is 3.35. The molecule has 2 aliphatic rings. The van der Waals surface area contributed by atoms with Gasteiger partial charge in [0, 0.05) is 5.92 Å². The highest BCUT2D eigenvalue weighted by Gasteiger charge is 2.32. The van der Waals surface area contributed by atoms with Crippen molar-refractivity contribution >= 4 is 23.9 Å². The number of cyclic esters (lactones) is 1. The number of carbonyl (C=O) groups is 4. The predicted octanol–water partition coefficient (Wildman–Crippen LogP) is 5.99. The molecule has 1 aliphatic heterocycles. The van der Waals surface area contributed by atoms with Gasteiger partial charge in [0.05, 0.1) is 18.9 Å². The summed E-state index contributed by atoms with van der Waals surface area (Å²) >= 11 is 0. The molecule has 1 aliphatic carbocycles. The summed E-state index contributed by atoms with van der Waals surface area (Å²) in [6.07, 6.45) is 2.10. The number of esters is 2. The number of fused-ring (bicyclic) bond motifs is 3. The Labute approximate surface area is 269 Å². The van der Waals surface area contributed by atoms with Gasteiger partial charge in [-0.25, -0.2) is 9.59 Å².